The molecule has 0 spiro atoms. The van der Waals surface area contributed by atoms with Crippen LogP contribution in [0.5, 0.6) is 0 Å². The normalized spacial score (nSPS) is 15.6. The molecule has 4 aromatic rings. The topological polar surface area (TPSA) is 0 Å². The Hall–Kier alpha value is -2.83. The Morgan fingerprint density at radius 1 is 0.524 bits per heavy atom. The van der Waals surface area contributed by atoms with Crippen LogP contribution in [0, 0.1) is 12.2 Å². The third kappa shape index (κ3) is 5.73. The van der Waals surface area contributed by atoms with Crippen molar-refractivity contribution >= 4 is 49.1 Å². The molecule has 9 rings (SSSR count). The zero-order valence-electron chi connectivity index (χ0n) is 23.4. The van der Waals surface area contributed by atoms with Gasteiger partial charge in [0.25, 0.3) is 0 Å². The Bertz CT molecular complexity index is 1920. The minimum atomic E-state index is 0. The average molecular weight is 661 g/mol. The number of allylic oxidation sites excluding steroid dienone is 6. The molecule has 1 fully saturated rings. The van der Waals surface area contributed by atoms with E-state index < -0.39 is 0 Å². The molecular weight excluding hydrogens is 631 g/mol. The second-order valence-electron chi connectivity index (χ2n) is 10.8. The van der Waals surface area contributed by atoms with Gasteiger partial charge in [0.2, 0.25) is 0 Å². The molecule has 5 aliphatic rings. The SMILES string of the molecule is [C-]1=CC=c2c1c1c(c3ccccc23)=CC=CC1.[C-]1=CC=c2c1c1c(c3ccccc23)=CC=CC1.[Cl-].[Cl-].[Zr+2]=[C]1CCCC1. The van der Waals surface area contributed by atoms with Crippen molar-refractivity contribution in [2.75, 3.05) is 0 Å². The molecule has 0 nitrogen and oxygen atoms in total. The van der Waals surface area contributed by atoms with Gasteiger partial charge in [0.05, 0.1) is 0 Å². The Labute approximate surface area is 275 Å². The molecule has 0 radical (unpaired) electrons. The molecular formula is C39H30Cl2Zr-2. The number of fused-ring (bicyclic) bond motifs is 12. The van der Waals surface area contributed by atoms with E-state index in [0.717, 1.165) is 12.8 Å². The number of halogens is 2. The first-order chi connectivity index (χ1) is 19.8. The fourth-order valence-corrected chi connectivity index (χ4v) is 7.36. The molecule has 206 valence electrons. The summed E-state index contributed by atoms with van der Waals surface area (Å²) < 4.78 is 1.79. The molecule has 0 unspecified atom stereocenters. The quantitative estimate of drug-likeness (QED) is 0.229. The van der Waals surface area contributed by atoms with E-state index in [9.17, 15) is 0 Å². The van der Waals surface area contributed by atoms with E-state index in [2.05, 4.69) is 109 Å². The molecule has 0 N–H and O–H groups in total. The van der Waals surface area contributed by atoms with Gasteiger partial charge in [-0.2, -0.15) is 24.3 Å². The van der Waals surface area contributed by atoms with Crippen molar-refractivity contribution in [1.82, 2.24) is 0 Å². The predicted octanol–water partition coefficient (Wildman–Crippen LogP) is -0.244. The molecule has 0 aromatic heterocycles. The van der Waals surface area contributed by atoms with Crippen molar-refractivity contribution in [3.05, 3.63) is 140 Å². The van der Waals surface area contributed by atoms with Gasteiger partial charge in [0, 0.05) is 0 Å². The van der Waals surface area contributed by atoms with E-state index in [-0.39, 0.29) is 24.8 Å². The van der Waals surface area contributed by atoms with E-state index in [1.165, 1.54) is 90.4 Å². The Balaban J connectivity index is 0.000000135. The van der Waals surface area contributed by atoms with E-state index >= 15 is 0 Å². The van der Waals surface area contributed by atoms with Gasteiger partial charge < -0.3 is 24.8 Å². The zero-order valence-corrected chi connectivity index (χ0v) is 27.4. The number of hydrogen-bond acceptors (Lipinski definition) is 0. The number of hydrogen-bond donors (Lipinski definition) is 0. The molecule has 0 aliphatic heterocycles. The van der Waals surface area contributed by atoms with Crippen molar-refractivity contribution in [3.63, 3.8) is 0 Å². The van der Waals surface area contributed by atoms with Gasteiger partial charge in [0.1, 0.15) is 0 Å². The summed E-state index contributed by atoms with van der Waals surface area (Å²) in [6.07, 6.45) is 36.3. The van der Waals surface area contributed by atoms with Gasteiger partial charge in [-0.25, -0.2) is 0 Å². The van der Waals surface area contributed by atoms with Crippen molar-refractivity contribution in [2.24, 2.45) is 0 Å². The Kier molecular flexibility index (Phi) is 9.95. The van der Waals surface area contributed by atoms with Gasteiger partial charge in [-0.1, -0.05) is 106 Å². The first-order valence-electron chi connectivity index (χ1n) is 14.4. The molecule has 0 atom stereocenters. The van der Waals surface area contributed by atoms with Gasteiger partial charge in [0.15, 0.2) is 0 Å². The summed E-state index contributed by atoms with van der Waals surface area (Å²) >= 11 is 1.68. The van der Waals surface area contributed by atoms with Crippen LogP contribution in [0.25, 0.3) is 45.8 Å². The van der Waals surface area contributed by atoms with Crippen LogP contribution in [0.4, 0.5) is 0 Å². The molecule has 3 heteroatoms. The second kappa shape index (κ2) is 13.6. The van der Waals surface area contributed by atoms with Crippen molar-refractivity contribution in [3.8, 4) is 0 Å². The van der Waals surface area contributed by atoms with Crippen molar-refractivity contribution < 1.29 is 49.0 Å². The van der Waals surface area contributed by atoms with Crippen LogP contribution in [-0.4, -0.2) is 3.21 Å². The third-order valence-electron chi connectivity index (χ3n) is 8.41. The molecule has 0 bridgehead atoms. The van der Waals surface area contributed by atoms with E-state index in [1.54, 1.807) is 27.4 Å². The monoisotopic (exact) mass is 658 g/mol. The molecule has 1 saturated carbocycles. The molecule has 42 heavy (non-hydrogen) atoms. The van der Waals surface area contributed by atoms with E-state index in [1.807, 2.05) is 12.2 Å². The summed E-state index contributed by atoms with van der Waals surface area (Å²) in [5.41, 5.74) is 5.43. The summed E-state index contributed by atoms with van der Waals surface area (Å²) in [5.74, 6) is 0. The standard InChI is InChI=1S/2C17H11.C5H8.2ClH.Zr/c2*1-3-8-14-12(6-1)13-7-2-4-9-15(13)17-11-5-10-16(14)17;1-2-4-5-3-1;;;/h2*1-8,10H,9H2;1-4H2;2*1H;/q2*-1;;;;+2/p-2. The second-order valence-corrected chi connectivity index (χ2v) is 12.6. The van der Waals surface area contributed by atoms with Gasteiger partial charge in [-0.15, -0.1) is 44.8 Å². The van der Waals surface area contributed by atoms with Gasteiger partial charge in [-0.05, 0) is 23.6 Å². The Morgan fingerprint density at radius 2 is 0.929 bits per heavy atom. The van der Waals surface area contributed by atoms with Crippen LogP contribution in [0.15, 0.2) is 85.0 Å². The van der Waals surface area contributed by atoms with Crippen LogP contribution in [0.3, 0.4) is 0 Å². The number of benzene rings is 4. The van der Waals surface area contributed by atoms with Crippen LogP contribution in [-0.2, 0) is 37.1 Å². The summed E-state index contributed by atoms with van der Waals surface area (Å²) in [6, 6.07) is 17.3. The van der Waals surface area contributed by atoms with Crippen LogP contribution in [0.2, 0.25) is 0 Å². The molecule has 0 amide bonds. The van der Waals surface area contributed by atoms with Crippen LogP contribution < -0.4 is 45.7 Å². The van der Waals surface area contributed by atoms with E-state index in [4.69, 9.17) is 0 Å². The van der Waals surface area contributed by atoms with Gasteiger partial charge >= 0.3 is 53.1 Å². The summed E-state index contributed by atoms with van der Waals surface area (Å²) in [7, 11) is 0. The predicted molar refractivity (Wildman–Crippen MR) is 167 cm³/mol. The summed E-state index contributed by atoms with van der Waals surface area (Å²) in [5, 5.41) is 10.8. The van der Waals surface area contributed by atoms with E-state index in [0.29, 0.717) is 0 Å². The first kappa shape index (κ1) is 30.6. The molecule has 4 aromatic carbocycles. The first-order valence-corrected chi connectivity index (χ1v) is 15.6. The maximum absolute atomic E-state index is 3.39. The van der Waals surface area contributed by atoms with Crippen LogP contribution in [0.1, 0.15) is 47.9 Å². The van der Waals surface area contributed by atoms with Crippen molar-refractivity contribution in [2.45, 2.75) is 38.5 Å². The van der Waals surface area contributed by atoms with Gasteiger partial charge in [-0.3, -0.25) is 0 Å². The zero-order chi connectivity index (χ0) is 26.9. The number of rotatable bonds is 0. The van der Waals surface area contributed by atoms with Crippen LogP contribution >= 0.6 is 0 Å². The van der Waals surface area contributed by atoms with Crippen molar-refractivity contribution in [1.29, 1.82) is 0 Å². The summed E-state index contributed by atoms with van der Waals surface area (Å²) in [6.45, 7) is 0. The minimum absolute atomic E-state index is 0. The maximum atomic E-state index is 3.39. The molecule has 0 heterocycles. The molecule has 5 aliphatic carbocycles. The average Bonchev–Trinajstić information content (AvgIpc) is 3.81. The summed E-state index contributed by atoms with van der Waals surface area (Å²) in [4.78, 5) is 0. The fraction of sp³-hybridized carbons (Fsp3) is 0.154. The molecule has 0 saturated heterocycles. The Morgan fingerprint density at radius 3 is 1.31 bits per heavy atom. The fourth-order valence-electron chi connectivity index (χ4n) is 6.49. The third-order valence-corrected chi connectivity index (χ3v) is 9.64.